The van der Waals surface area contributed by atoms with E-state index in [-0.39, 0.29) is 35.1 Å². The number of rotatable bonds is 4. The van der Waals surface area contributed by atoms with Crippen LogP contribution in [0.1, 0.15) is 61.0 Å². The van der Waals surface area contributed by atoms with Crippen LogP contribution in [-0.2, 0) is 16.0 Å². The van der Waals surface area contributed by atoms with E-state index in [2.05, 4.69) is 5.10 Å². The maximum absolute atomic E-state index is 15.2. The molecule has 10 heteroatoms. The lowest BCUT2D eigenvalue weighted by molar-refractivity contribution is 0.0171. The summed E-state index contributed by atoms with van der Waals surface area (Å²) in [6.07, 6.45) is -1.29. The van der Waals surface area contributed by atoms with Crippen molar-refractivity contribution in [3.63, 3.8) is 0 Å². The molecule has 37 heavy (non-hydrogen) atoms. The van der Waals surface area contributed by atoms with Gasteiger partial charge in [0.15, 0.2) is 5.82 Å². The van der Waals surface area contributed by atoms with Gasteiger partial charge in [-0.05, 0) is 90.8 Å². The summed E-state index contributed by atoms with van der Waals surface area (Å²) in [6.45, 7) is 14.0. The number of anilines is 1. The van der Waals surface area contributed by atoms with Gasteiger partial charge in [0, 0.05) is 18.0 Å². The lowest BCUT2D eigenvalue weighted by Gasteiger charge is -2.30. The maximum Gasteiger partial charge on any atom is 0.435 e. The van der Waals surface area contributed by atoms with Crippen LogP contribution in [0.4, 0.5) is 24.2 Å². The molecular weight excluding hydrogens is 482 g/mol. The predicted octanol–water partition coefficient (Wildman–Crippen LogP) is 6.49. The van der Waals surface area contributed by atoms with Gasteiger partial charge in [-0.2, -0.15) is 4.68 Å². The highest BCUT2D eigenvalue weighted by Gasteiger charge is 2.26. The van der Waals surface area contributed by atoms with Crippen LogP contribution in [0.3, 0.4) is 0 Å². The van der Waals surface area contributed by atoms with Crippen LogP contribution in [0, 0.1) is 11.6 Å². The standard InChI is InChI=1S/C27H34F2N4O4/c1-15(2)32(24(34)36-26(3,4)5)14-16-11-19(28)22(20(29)12-16)17-9-10-21-18(13-17)23(30)31-33(21)25(35)37-27(6,7)8/h9-13,15H,14H2,1-8H3,(H2,30,31). The first kappa shape index (κ1) is 27.9. The van der Waals surface area contributed by atoms with Crippen molar-refractivity contribution in [3.8, 4) is 11.1 Å². The average molecular weight is 517 g/mol. The Morgan fingerprint density at radius 3 is 2.08 bits per heavy atom. The molecule has 200 valence electrons. The molecule has 0 aliphatic rings. The Bertz CT molecular complexity index is 1310. The van der Waals surface area contributed by atoms with Gasteiger partial charge in [-0.25, -0.2) is 18.4 Å². The summed E-state index contributed by atoms with van der Waals surface area (Å²) in [6, 6.07) is 6.58. The summed E-state index contributed by atoms with van der Waals surface area (Å²) in [4.78, 5) is 26.5. The Labute approximate surface area is 215 Å². The highest BCUT2D eigenvalue weighted by Crippen LogP contribution is 2.32. The predicted molar refractivity (Wildman–Crippen MR) is 138 cm³/mol. The zero-order valence-corrected chi connectivity index (χ0v) is 22.5. The number of hydrogen-bond acceptors (Lipinski definition) is 6. The molecule has 0 bridgehead atoms. The highest BCUT2D eigenvalue weighted by atomic mass is 19.1. The number of carbonyl (C=O) groups is 2. The van der Waals surface area contributed by atoms with E-state index in [1.54, 1.807) is 55.4 Å². The van der Waals surface area contributed by atoms with Gasteiger partial charge in [0.05, 0.1) is 11.1 Å². The van der Waals surface area contributed by atoms with Crippen LogP contribution in [-0.4, -0.2) is 44.1 Å². The second-order valence-corrected chi connectivity index (χ2v) is 11.1. The number of nitrogens with two attached hydrogens (primary N) is 1. The SMILES string of the molecule is CC(C)N(Cc1cc(F)c(-c2ccc3c(c2)c(N)nn3C(=O)OC(C)(C)C)c(F)c1)C(=O)OC(C)(C)C. The van der Waals surface area contributed by atoms with Crippen LogP contribution in [0.15, 0.2) is 30.3 Å². The second kappa shape index (κ2) is 9.99. The molecule has 1 aromatic heterocycles. The number of hydrogen-bond donors (Lipinski definition) is 1. The lowest BCUT2D eigenvalue weighted by atomic mass is 10.0. The number of aromatic nitrogens is 2. The van der Waals surface area contributed by atoms with Crippen LogP contribution in [0.5, 0.6) is 0 Å². The first-order chi connectivity index (χ1) is 17.0. The molecule has 0 aliphatic heterocycles. The fraction of sp³-hybridized carbons (Fsp3) is 0.444. The van der Waals surface area contributed by atoms with Gasteiger partial charge >= 0.3 is 12.2 Å². The summed E-state index contributed by atoms with van der Waals surface area (Å²) >= 11 is 0. The van der Waals surface area contributed by atoms with Crippen LogP contribution < -0.4 is 5.73 Å². The Hall–Kier alpha value is -3.69. The van der Waals surface area contributed by atoms with E-state index in [0.717, 1.165) is 4.68 Å². The number of ether oxygens (including phenoxy) is 2. The molecule has 0 radical (unpaired) electrons. The molecule has 1 heterocycles. The largest absolute Gasteiger partial charge is 0.444 e. The van der Waals surface area contributed by atoms with Crippen molar-refractivity contribution in [3.05, 3.63) is 47.5 Å². The number of nitrogens with zero attached hydrogens (tertiary/aromatic N) is 3. The smallest absolute Gasteiger partial charge is 0.435 e. The fourth-order valence-corrected chi connectivity index (χ4v) is 3.71. The van der Waals surface area contributed by atoms with Gasteiger partial charge < -0.3 is 20.1 Å². The molecule has 8 nitrogen and oxygen atoms in total. The third kappa shape index (κ3) is 6.55. The molecule has 0 saturated heterocycles. The summed E-state index contributed by atoms with van der Waals surface area (Å²) in [5.41, 5.74) is 5.13. The van der Waals surface area contributed by atoms with E-state index < -0.39 is 35.0 Å². The summed E-state index contributed by atoms with van der Waals surface area (Å²) in [5, 5.41) is 4.39. The van der Waals surface area contributed by atoms with Crippen LogP contribution >= 0.6 is 0 Å². The number of benzene rings is 2. The van der Waals surface area contributed by atoms with E-state index in [9.17, 15) is 9.59 Å². The van der Waals surface area contributed by atoms with Gasteiger partial charge in [-0.1, -0.05) is 6.07 Å². The lowest BCUT2D eigenvalue weighted by Crippen LogP contribution is -2.40. The molecule has 0 saturated carbocycles. The van der Waals surface area contributed by atoms with Crippen molar-refractivity contribution in [1.82, 2.24) is 14.7 Å². The maximum atomic E-state index is 15.2. The minimum absolute atomic E-state index is 0.0186. The monoisotopic (exact) mass is 516 g/mol. The van der Waals surface area contributed by atoms with Gasteiger partial charge in [-0.3, -0.25) is 0 Å². The Morgan fingerprint density at radius 2 is 1.57 bits per heavy atom. The third-order valence-corrected chi connectivity index (χ3v) is 5.27. The molecule has 0 atom stereocenters. The minimum Gasteiger partial charge on any atom is -0.444 e. The minimum atomic E-state index is -0.805. The fourth-order valence-electron chi connectivity index (χ4n) is 3.71. The summed E-state index contributed by atoms with van der Waals surface area (Å²) in [5.74, 6) is -1.59. The molecular formula is C27H34F2N4O4. The second-order valence-electron chi connectivity index (χ2n) is 11.1. The Balaban J connectivity index is 1.95. The number of carbonyl (C=O) groups excluding carboxylic acids is 2. The molecule has 0 fully saturated rings. The average Bonchev–Trinajstić information content (AvgIpc) is 3.05. The molecule has 2 N–H and O–H groups in total. The molecule has 0 spiro atoms. The Morgan fingerprint density at radius 1 is 1.00 bits per heavy atom. The number of amides is 1. The van der Waals surface area contributed by atoms with E-state index in [1.165, 1.54) is 35.2 Å². The molecule has 0 unspecified atom stereocenters. The van der Waals surface area contributed by atoms with E-state index >= 15 is 8.78 Å². The Kier molecular flexibility index (Phi) is 7.53. The summed E-state index contributed by atoms with van der Waals surface area (Å²) < 4.78 is 42.3. The topological polar surface area (TPSA) is 99.7 Å². The molecule has 3 aromatic rings. The zero-order chi connectivity index (χ0) is 27.9. The normalized spacial score (nSPS) is 12.2. The molecule has 1 amide bonds. The first-order valence-corrected chi connectivity index (χ1v) is 12.0. The first-order valence-electron chi connectivity index (χ1n) is 12.0. The quantitative estimate of drug-likeness (QED) is 0.425. The number of fused-ring (bicyclic) bond motifs is 1. The van der Waals surface area contributed by atoms with Crippen molar-refractivity contribution >= 4 is 28.9 Å². The zero-order valence-electron chi connectivity index (χ0n) is 22.5. The van der Waals surface area contributed by atoms with Gasteiger partial charge in [0.25, 0.3) is 0 Å². The van der Waals surface area contributed by atoms with Crippen molar-refractivity contribution in [2.45, 2.75) is 79.2 Å². The highest BCUT2D eigenvalue weighted by molar-refractivity contribution is 5.97. The van der Waals surface area contributed by atoms with Gasteiger partial charge in [-0.15, -0.1) is 5.10 Å². The molecule has 2 aromatic carbocycles. The number of nitrogen functional groups attached to an aromatic ring is 1. The third-order valence-electron chi connectivity index (χ3n) is 5.27. The van der Waals surface area contributed by atoms with Crippen molar-refractivity contribution in [1.29, 1.82) is 0 Å². The van der Waals surface area contributed by atoms with E-state index in [1.807, 2.05) is 0 Å². The van der Waals surface area contributed by atoms with Crippen molar-refractivity contribution in [2.75, 3.05) is 5.73 Å². The number of halogens is 2. The van der Waals surface area contributed by atoms with Crippen LogP contribution in [0.25, 0.3) is 22.0 Å². The molecule has 0 aliphatic carbocycles. The van der Waals surface area contributed by atoms with Crippen LogP contribution in [0.2, 0.25) is 0 Å². The van der Waals surface area contributed by atoms with E-state index in [0.29, 0.717) is 10.9 Å². The van der Waals surface area contributed by atoms with Crippen molar-refractivity contribution < 1.29 is 27.8 Å². The summed E-state index contributed by atoms with van der Waals surface area (Å²) in [7, 11) is 0. The van der Waals surface area contributed by atoms with Gasteiger partial charge in [0.2, 0.25) is 0 Å². The van der Waals surface area contributed by atoms with Crippen molar-refractivity contribution in [2.24, 2.45) is 0 Å². The van der Waals surface area contributed by atoms with E-state index in [4.69, 9.17) is 15.2 Å². The van der Waals surface area contributed by atoms with Gasteiger partial charge in [0.1, 0.15) is 22.8 Å². The molecule has 3 rings (SSSR count).